The molecule has 0 saturated heterocycles. The van der Waals surface area contributed by atoms with E-state index < -0.39 is 0 Å². The molecule has 1 atom stereocenters. The number of hydrogen-bond acceptors (Lipinski definition) is 1. The van der Waals surface area contributed by atoms with Crippen LogP contribution in [0.2, 0.25) is 0 Å². The van der Waals surface area contributed by atoms with Crippen molar-refractivity contribution in [1.82, 2.24) is 0 Å². The first-order valence-corrected chi connectivity index (χ1v) is 4.41. The molecule has 1 unspecified atom stereocenters. The Balaban J connectivity index is 2.66. The molecular formula is C9H10BrNO. The Morgan fingerprint density at radius 3 is 2.92 bits per heavy atom. The second-order valence-corrected chi connectivity index (χ2v) is 3.66. The number of primary amides is 1. The quantitative estimate of drug-likeness (QED) is 0.770. The minimum atomic E-state index is -0.294. The molecule has 0 radical (unpaired) electrons. The molecule has 0 aromatic carbocycles. The summed E-state index contributed by atoms with van der Waals surface area (Å²) in [7, 11) is 0. The minimum absolute atomic E-state index is 0.0730. The standard InChI is InChI=1S/C9H10BrNO/c1-6-4-8(10)3-2-7(6)5-9(11)12/h2-4,7H,1,5H2,(H2,11,12). The summed E-state index contributed by atoms with van der Waals surface area (Å²) < 4.78 is 0.980. The highest BCUT2D eigenvalue weighted by Crippen LogP contribution is 2.25. The van der Waals surface area contributed by atoms with Gasteiger partial charge in [-0.25, -0.2) is 0 Å². The van der Waals surface area contributed by atoms with E-state index in [2.05, 4.69) is 22.5 Å². The Kier molecular flexibility index (Phi) is 2.87. The molecular weight excluding hydrogens is 218 g/mol. The molecule has 2 N–H and O–H groups in total. The van der Waals surface area contributed by atoms with Crippen molar-refractivity contribution >= 4 is 21.8 Å². The van der Waals surface area contributed by atoms with Gasteiger partial charge in [0.25, 0.3) is 0 Å². The number of allylic oxidation sites excluding steroid dienone is 5. The Bertz CT molecular complexity index is 278. The van der Waals surface area contributed by atoms with E-state index in [1.54, 1.807) is 0 Å². The lowest BCUT2D eigenvalue weighted by atomic mass is 9.93. The van der Waals surface area contributed by atoms with Crippen molar-refractivity contribution in [1.29, 1.82) is 0 Å². The Labute approximate surface area is 80.0 Å². The maximum absolute atomic E-state index is 10.6. The predicted molar refractivity (Wildman–Crippen MR) is 52.6 cm³/mol. The molecule has 0 saturated carbocycles. The van der Waals surface area contributed by atoms with Gasteiger partial charge in [-0.2, -0.15) is 0 Å². The van der Waals surface area contributed by atoms with Crippen molar-refractivity contribution in [3.8, 4) is 0 Å². The summed E-state index contributed by atoms with van der Waals surface area (Å²) in [6.45, 7) is 3.83. The van der Waals surface area contributed by atoms with Gasteiger partial charge in [-0.1, -0.05) is 34.7 Å². The monoisotopic (exact) mass is 227 g/mol. The molecule has 64 valence electrons. The van der Waals surface area contributed by atoms with E-state index in [-0.39, 0.29) is 11.8 Å². The highest BCUT2D eigenvalue weighted by atomic mass is 79.9. The maximum Gasteiger partial charge on any atom is 0.218 e. The fourth-order valence-electron chi connectivity index (χ4n) is 1.08. The zero-order valence-electron chi connectivity index (χ0n) is 6.59. The van der Waals surface area contributed by atoms with E-state index in [9.17, 15) is 4.79 Å². The van der Waals surface area contributed by atoms with E-state index >= 15 is 0 Å². The first kappa shape index (κ1) is 9.26. The van der Waals surface area contributed by atoms with Gasteiger partial charge < -0.3 is 5.73 Å². The lowest BCUT2D eigenvalue weighted by molar-refractivity contribution is -0.118. The summed E-state index contributed by atoms with van der Waals surface area (Å²) >= 11 is 3.32. The first-order chi connectivity index (χ1) is 5.59. The van der Waals surface area contributed by atoms with E-state index in [1.807, 2.05) is 18.2 Å². The van der Waals surface area contributed by atoms with Crippen molar-refractivity contribution in [2.75, 3.05) is 0 Å². The van der Waals surface area contributed by atoms with Crippen LogP contribution in [0, 0.1) is 5.92 Å². The molecule has 1 aliphatic rings. The highest BCUT2D eigenvalue weighted by Gasteiger charge is 2.13. The second-order valence-electron chi connectivity index (χ2n) is 2.74. The van der Waals surface area contributed by atoms with Gasteiger partial charge in [0.05, 0.1) is 0 Å². The molecule has 0 heterocycles. The summed E-state index contributed by atoms with van der Waals surface area (Å²) in [6, 6.07) is 0. The third-order valence-corrected chi connectivity index (χ3v) is 2.20. The molecule has 0 aliphatic heterocycles. The summed E-state index contributed by atoms with van der Waals surface area (Å²) in [6.07, 6.45) is 6.07. The molecule has 1 rings (SSSR count). The highest BCUT2D eigenvalue weighted by molar-refractivity contribution is 9.11. The van der Waals surface area contributed by atoms with Crippen molar-refractivity contribution in [2.24, 2.45) is 11.7 Å². The Morgan fingerprint density at radius 2 is 2.42 bits per heavy atom. The van der Waals surface area contributed by atoms with E-state index in [0.717, 1.165) is 10.1 Å². The van der Waals surface area contributed by atoms with E-state index in [4.69, 9.17) is 5.73 Å². The summed E-state index contributed by atoms with van der Waals surface area (Å²) in [5.74, 6) is -0.221. The fraction of sp³-hybridized carbons (Fsp3) is 0.222. The van der Waals surface area contributed by atoms with Crippen LogP contribution in [-0.4, -0.2) is 5.91 Å². The summed E-state index contributed by atoms with van der Waals surface area (Å²) in [5, 5.41) is 0. The molecule has 1 amide bonds. The van der Waals surface area contributed by atoms with Crippen molar-refractivity contribution in [3.05, 3.63) is 34.9 Å². The van der Waals surface area contributed by atoms with Crippen LogP contribution in [-0.2, 0) is 4.79 Å². The van der Waals surface area contributed by atoms with Gasteiger partial charge in [-0.15, -0.1) is 0 Å². The van der Waals surface area contributed by atoms with Crippen LogP contribution >= 0.6 is 15.9 Å². The molecule has 3 heteroatoms. The molecule has 0 fully saturated rings. The zero-order chi connectivity index (χ0) is 9.14. The number of halogens is 1. The van der Waals surface area contributed by atoms with Crippen LogP contribution in [0.5, 0.6) is 0 Å². The average molecular weight is 228 g/mol. The molecule has 0 aromatic rings. The molecule has 2 nitrogen and oxygen atoms in total. The fourth-order valence-corrected chi connectivity index (χ4v) is 1.53. The summed E-state index contributed by atoms with van der Waals surface area (Å²) in [5.41, 5.74) is 5.99. The number of hydrogen-bond donors (Lipinski definition) is 1. The third kappa shape index (κ3) is 2.34. The molecule has 12 heavy (non-hydrogen) atoms. The molecule has 0 spiro atoms. The van der Waals surface area contributed by atoms with Gasteiger partial charge in [0.2, 0.25) is 5.91 Å². The molecule has 1 aliphatic carbocycles. The van der Waals surface area contributed by atoms with Crippen LogP contribution in [0.4, 0.5) is 0 Å². The number of carbonyl (C=O) groups is 1. The smallest absolute Gasteiger partial charge is 0.218 e. The van der Waals surface area contributed by atoms with E-state index in [1.165, 1.54) is 0 Å². The number of carbonyl (C=O) groups excluding carboxylic acids is 1. The van der Waals surface area contributed by atoms with Crippen LogP contribution in [0.15, 0.2) is 34.9 Å². The molecule has 0 bridgehead atoms. The predicted octanol–water partition coefficient (Wildman–Crippen LogP) is 1.88. The number of nitrogens with two attached hydrogens (primary N) is 1. The van der Waals surface area contributed by atoms with Crippen LogP contribution in [0.1, 0.15) is 6.42 Å². The van der Waals surface area contributed by atoms with Crippen molar-refractivity contribution in [3.63, 3.8) is 0 Å². The van der Waals surface area contributed by atoms with Gasteiger partial charge in [0.1, 0.15) is 0 Å². The zero-order valence-corrected chi connectivity index (χ0v) is 8.17. The van der Waals surface area contributed by atoms with Crippen LogP contribution in [0.3, 0.4) is 0 Å². The van der Waals surface area contributed by atoms with Crippen molar-refractivity contribution in [2.45, 2.75) is 6.42 Å². The Morgan fingerprint density at radius 1 is 1.75 bits per heavy atom. The Hall–Kier alpha value is -0.830. The lowest BCUT2D eigenvalue weighted by Gasteiger charge is -2.14. The van der Waals surface area contributed by atoms with Crippen LogP contribution in [0.25, 0.3) is 0 Å². The van der Waals surface area contributed by atoms with Gasteiger partial charge >= 0.3 is 0 Å². The summed E-state index contributed by atoms with van der Waals surface area (Å²) in [4.78, 5) is 10.6. The first-order valence-electron chi connectivity index (χ1n) is 3.62. The van der Waals surface area contributed by atoms with Gasteiger partial charge in [-0.3, -0.25) is 4.79 Å². The minimum Gasteiger partial charge on any atom is -0.370 e. The third-order valence-electron chi connectivity index (χ3n) is 1.71. The van der Waals surface area contributed by atoms with Crippen molar-refractivity contribution < 1.29 is 4.79 Å². The van der Waals surface area contributed by atoms with Gasteiger partial charge in [-0.05, 0) is 11.6 Å². The normalized spacial score (nSPS) is 22.2. The topological polar surface area (TPSA) is 43.1 Å². The molecule has 0 aromatic heterocycles. The number of amides is 1. The number of rotatable bonds is 2. The van der Waals surface area contributed by atoms with E-state index in [0.29, 0.717) is 6.42 Å². The maximum atomic E-state index is 10.6. The lowest BCUT2D eigenvalue weighted by Crippen LogP contribution is -2.16. The average Bonchev–Trinajstić information content (AvgIpc) is 1.94. The van der Waals surface area contributed by atoms with Gasteiger partial charge in [0, 0.05) is 16.8 Å². The van der Waals surface area contributed by atoms with Gasteiger partial charge in [0.15, 0.2) is 0 Å². The second kappa shape index (κ2) is 3.72. The van der Waals surface area contributed by atoms with Crippen LogP contribution < -0.4 is 5.73 Å². The largest absolute Gasteiger partial charge is 0.370 e. The SMILES string of the molecule is C=C1C=C(Br)C=CC1CC(N)=O.